The van der Waals surface area contributed by atoms with Crippen molar-refractivity contribution in [3.05, 3.63) is 72.6 Å². The minimum Gasteiger partial charge on any atom is -0.484 e. The van der Waals surface area contributed by atoms with E-state index in [2.05, 4.69) is 10.4 Å². The summed E-state index contributed by atoms with van der Waals surface area (Å²) < 4.78 is 7.07. The maximum absolute atomic E-state index is 12.7. The van der Waals surface area contributed by atoms with Gasteiger partial charge in [0, 0.05) is 30.9 Å². The monoisotopic (exact) mass is 447 g/mol. The number of aromatic nitrogens is 2. The van der Waals surface area contributed by atoms with Crippen LogP contribution in [0.4, 0.5) is 5.69 Å². The van der Waals surface area contributed by atoms with Crippen LogP contribution in [0.5, 0.6) is 5.75 Å². The summed E-state index contributed by atoms with van der Waals surface area (Å²) in [6.45, 7) is 1.04. The average molecular weight is 447 g/mol. The van der Waals surface area contributed by atoms with Gasteiger partial charge in [-0.2, -0.15) is 5.10 Å². The Labute approximate surface area is 191 Å². The Kier molecular flexibility index (Phi) is 6.68. The number of anilines is 1. The normalized spacial score (nSPS) is 14.0. The van der Waals surface area contributed by atoms with Crippen LogP contribution < -0.4 is 15.8 Å². The predicted octanol–water partition coefficient (Wildman–Crippen LogP) is 2.23. The molecule has 4 rings (SSSR count). The quantitative estimate of drug-likeness (QED) is 0.576. The predicted molar refractivity (Wildman–Crippen MR) is 122 cm³/mol. The minimum atomic E-state index is -0.589. The number of likely N-dealkylation sites (tertiary alicyclic amines) is 1. The second kappa shape index (κ2) is 9.99. The molecule has 1 fully saturated rings. The van der Waals surface area contributed by atoms with Gasteiger partial charge in [-0.25, -0.2) is 4.68 Å². The first-order chi connectivity index (χ1) is 16.0. The van der Waals surface area contributed by atoms with Gasteiger partial charge >= 0.3 is 0 Å². The topological polar surface area (TPSA) is 120 Å². The SMILES string of the molecule is NC(=O)c1ccn(-c2ccc(NC(=O)C3CCN(C(=O)COc4ccccc4)CC3)cc2)n1. The molecule has 170 valence electrons. The van der Waals surface area contributed by atoms with Gasteiger partial charge in [-0.05, 0) is 55.3 Å². The first kappa shape index (κ1) is 22.1. The van der Waals surface area contributed by atoms with Crippen LogP contribution in [0.15, 0.2) is 66.9 Å². The molecule has 3 amide bonds. The number of rotatable bonds is 7. The van der Waals surface area contributed by atoms with Gasteiger partial charge in [-0.1, -0.05) is 18.2 Å². The molecule has 1 aliphatic heterocycles. The summed E-state index contributed by atoms with van der Waals surface area (Å²) in [7, 11) is 0. The zero-order chi connectivity index (χ0) is 23.2. The van der Waals surface area contributed by atoms with E-state index in [-0.39, 0.29) is 30.0 Å². The number of hydrogen-bond donors (Lipinski definition) is 2. The number of amides is 3. The maximum atomic E-state index is 12.7. The van der Waals surface area contributed by atoms with Gasteiger partial charge in [0.05, 0.1) is 5.69 Å². The summed E-state index contributed by atoms with van der Waals surface area (Å²) in [6, 6.07) is 17.9. The number of hydrogen-bond acceptors (Lipinski definition) is 5. The molecule has 0 atom stereocenters. The van der Waals surface area contributed by atoms with Crippen molar-refractivity contribution in [1.82, 2.24) is 14.7 Å². The maximum Gasteiger partial charge on any atom is 0.269 e. The molecule has 2 aromatic carbocycles. The second-order valence-electron chi connectivity index (χ2n) is 7.80. The minimum absolute atomic E-state index is 0.00951. The first-order valence-electron chi connectivity index (χ1n) is 10.7. The smallest absolute Gasteiger partial charge is 0.269 e. The van der Waals surface area contributed by atoms with Gasteiger partial charge in [0.2, 0.25) is 5.91 Å². The molecule has 0 bridgehead atoms. The molecule has 0 aliphatic carbocycles. The van der Waals surface area contributed by atoms with Gasteiger partial charge in [0.25, 0.3) is 11.8 Å². The number of ether oxygens (including phenoxy) is 1. The average Bonchev–Trinajstić information content (AvgIpc) is 3.34. The highest BCUT2D eigenvalue weighted by Gasteiger charge is 2.27. The first-order valence-corrected chi connectivity index (χ1v) is 10.7. The summed E-state index contributed by atoms with van der Waals surface area (Å²) in [5.41, 5.74) is 6.82. The molecule has 2 heterocycles. The summed E-state index contributed by atoms with van der Waals surface area (Å²) in [5, 5.41) is 7.04. The largest absolute Gasteiger partial charge is 0.484 e. The molecule has 9 nitrogen and oxygen atoms in total. The Balaban J connectivity index is 1.25. The number of nitrogens with one attached hydrogen (secondary N) is 1. The van der Waals surface area contributed by atoms with E-state index in [1.807, 2.05) is 30.3 Å². The van der Waals surface area contributed by atoms with Crippen LogP contribution in [0, 0.1) is 5.92 Å². The van der Waals surface area contributed by atoms with Crippen LogP contribution in [-0.4, -0.2) is 52.1 Å². The Hall–Kier alpha value is -4.14. The summed E-state index contributed by atoms with van der Waals surface area (Å²) in [6.07, 6.45) is 2.85. The Morgan fingerprint density at radius 1 is 1.00 bits per heavy atom. The fraction of sp³-hybridized carbons (Fsp3) is 0.250. The van der Waals surface area contributed by atoms with Crippen molar-refractivity contribution in [3.8, 4) is 11.4 Å². The highest BCUT2D eigenvalue weighted by Crippen LogP contribution is 2.21. The van der Waals surface area contributed by atoms with Gasteiger partial charge in [0.15, 0.2) is 6.61 Å². The molecule has 0 saturated carbocycles. The van der Waals surface area contributed by atoms with Crippen molar-refractivity contribution in [2.45, 2.75) is 12.8 Å². The lowest BCUT2D eigenvalue weighted by Crippen LogP contribution is -2.43. The number of carbonyl (C=O) groups is 3. The second-order valence-corrected chi connectivity index (χ2v) is 7.80. The highest BCUT2D eigenvalue weighted by molar-refractivity contribution is 5.93. The molecule has 0 spiro atoms. The van der Waals surface area contributed by atoms with Gasteiger partial charge in [-0.15, -0.1) is 0 Å². The van der Waals surface area contributed by atoms with E-state index in [1.54, 1.807) is 46.1 Å². The molecule has 9 heteroatoms. The summed E-state index contributed by atoms with van der Waals surface area (Å²) >= 11 is 0. The number of nitrogens with zero attached hydrogens (tertiary/aromatic N) is 3. The Morgan fingerprint density at radius 2 is 1.70 bits per heavy atom. The van der Waals surface area contributed by atoms with Crippen LogP contribution in [-0.2, 0) is 9.59 Å². The van der Waals surface area contributed by atoms with E-state index in [0.717, 1.165) is 5.69 Å². The van der Waals surface area contributed by atoms with Crippen LogP contribution in [0.3, 0.4) is 0 Å². The summed E-state index contributed by atoms with van der Waals surface area (Å²) in [5.74, 6) is -0.231. The van der Waals surface area contributed by atoms with Gasteiger partial charge in [-0.3, -0.25) is 14.4 Å². The molecule has 1 aliphatic rings. The molecule has 0 radical (unpaired) electrons. The third kappa shape index (κ3) is 5.57. The van der Waals surface area contributed by atoms with Crippen LogP contribution in [0.1, 0.15) is 23.3 Å². The molecule has 3 aromatic rings. The number of carbonyl (C=O) groups excluding carboxylic acids is 3. The summed E-state index contributed by atoms with van der Waals surface area (Å²) in [4.78, 5) is 38.0. The van der Waals surface area contributed by atoms with Gasteiger partial charge < -0.3 is 20.7 Å². The van der Waals surface area contributed by atoms with Crippen molar-refractivity contribution in [2.24, 2.45) is 11.7 Å². The number of nitrogens with two attached hydrogens (primary N) is 1. The molecule has 1 saturated heterocycles. The number of benzene rings is 2. The number of piperidine rings is 1. The standard InChI is InChI=1S/C24H25N5O4/c25-23(31)21-12-15-29(27-21)19-8-6-18(7-9-19)26-24(32)17-10-13-28(14-11-17)22(30)16-33-20-4-2-1-3-5-20/h1-9,12,15,17H,10-11,13-14,16H2,(H2,25,31)(H,26,32). The van der Waals surface area contributed by atoms with E-state index in [0.29, 0.717) is 37.4 Å². The van der Waals surface area contributed by atoms with Crippen LogP contribution >= 0.6 is 0 Å². The fourth-order valence-corrected chi connectivity index (χ4v) is 3.69. The zero-order valence-electron chi connectivity index (χ0n) is 18.0. The zero-order valence-corrected chi connectivity index (χ0v) is 18.0. The van der Waals surface area contributed by atoms with Crippen LogP contribution in [0.25, 0.3) is 5.69 Å². The Bertz CT molecular complexity index is 1120. The van der Waals surface area contributed by atoms with E-state index in [9.17, 15) is 14.4 Å². The molecular formula is C24H25N5O4. The number of primary amides is 1. The van der Waals surface area contributed by atoms with E-state index < -0.39 is 5.91 Å². The third-order valence-electron chi connectivity index (χ3n) is 5.56. The third-order valence-corrected chi connectivity index (χ3v) is 5.56. The Morgan fingerprint density at radius 3 is 2.33 bits per heavy atom. The molecule has 1 aromatic heterocycles. The molecule has 0 unspecified atom stereocenters. The van der Waals surface area contributed by atoms with Crippen LogP contribution in [0.2, 0.25) is 0 Å². The van der Waals surface area contributed by atoms with E-state index >= 15 is 0 Å². The molecular weight excluding hydrogens is 422 g/mol. The molecule has 3 N–H and O–H groups in total. The van der Waals surface area contributed by atoms with E-state index in [4.69, 9.17) is 10.5 Å². The van der Waals surface area contributed by atoms with Crippen molar-refractivity contribution in [2.75, 3.05) is 25.0 Å². The van der Waals surface area contributed by atoms with Crippen molar-refractivity contribution in [1.29, 1.82) is 0 Å². The van der Waals surface area contributed by atoms with Crippen molar-refractivity contribution < 1.29 is 19.1 Å². The lowest BCUT2D eigenvalue weighted by molar-refractivity contribution is -0.136. The van der Waals surface area contributed by atoms with E-state index in [1.165, 1.54) is 0 Å². The fourth-order valence-electron chi connectivity index (χ4n) is 3.69. The number of para-hydroxylation sites is 1. The molecule has 33 heavy (non-hydrogen) atoms. The van der Waals surface area contributed by atoms with Crippen molar-refractivity contribution >= 4 is 23.4 Å². The lowest BCUT2D eigenvalue weighted by atomic mass is 9.95. The highest BCUT2D eigenvalue weighted by atomic mass is 16.5. The van der Waals surface area contributed by atoms with Gasteiger partial charge in [0.1, 0.15) is 11.4 Å². The lowest BCUT2D eigenvalue weighted by Gasteiger charge is -2.31. The van der Waals surface area contributed by atoms with Crippen molar-refractivity contribution in [3.63, 3.8) is 0 Å².